The third-order valence-corrected chi connectivity index (χ3v) is 6.24. The fraction of sp³-hybridized carbons (Fsp3) is 0.455. The highest BCUT2D eigenvalue weighted by Crippen LogP contribution is 2.50. The minimum atomic E-state index is -5.08. The van der Waals surface area contributed by atoms with Gasteiger partial charge in [0.25, 0.3) is 0 Å². The quantitative estimate of drug-likeness (QED) is 0.304. The number of carbonyl (C=O) groups excluding carboxylic acids is 1. The number of esters is 1. The number of anilines is 1. The number of carbonyl (C=O) groups is 2. The maximum atomic E-state index is 12.8. The molecule has 1 aliphatic heterocycles. The van der Waals surface area contributed by atoms with Crippen LogP contribution in [-0.2, 0) is 41.1 Å². The Kier molecular flexibility index (Phi) is 11.0. The predicted octanol–water partition coefficient (Wildman–Crippen LogP) is 1.93. The van der Waals surface area contributed by atoms with E-state index >= 15 is 0 Å². The Labute approximate surface area is 220 Å². The van der Waals surface area contributed by atoms with Gasteiger partial charge in [-0.15, -0.1) is 0 Å². The number of hydrogen-bond donors (Lipinski definition) is 3. The lowest BCUT2D eigenvalue weighted by molar-refractivity contribution is -0.192. The van der Waals surface area contributed by atoms with Crippen LogP contribution in [0.3, 0.4) is 0 Å². The van der Waals surface area contributed by atoms with E-state index in [1.165, 1.54) is 16.8 Å². The molecule has 5 N–H and O–H groups in total. The molecule has 39 heavy (non-hydrogen) atoms. The van der Waals surface area contributed by atoms with Gasteiger partial charge in [-0.3, -0.25) is 13.9 Å². The molecule has 3 rings (SSSR count). The van der Waals surface area contributed by atoms with Crippen LogP contribution in [0.15, 0.2) is 41.3 Å². The number of halogens is 3. The summed E-state index contributed by atoms with van der Waals surface area (Å²) >= 11 is 0. The smallest absolute Gasteiger partial charge is 0.475 e. The Morgan fingerprint density at radius 1 is 1.26 bits per heavy atom. The summed E-state index contributed by atoms with van der Waals surface area (Å²) in [6.45, 7) is 3.68. The van der Waals surface area contributed by atoms with E-state index < -0.39 is 43.5 Å². The second-order valence-electron chi connectivity index (χ2n) is 8.45. The fourth-order valence-electron chi connectivity index (χ4n) is 2.94. The molecule has 13 nitrogen and oxygen atoms in total. The molecule has 17 heteroatoms. The van der Waals surface area contributed by atoms with Crippen LogP contribution in [-0.4, -0.2) is 64.0 Å². The van der Waals surface area contributed by atoms with Crippen LogP contribution in [0, 0.1) is 0 Å². The van der Waals surface area contributed by atoms with E-state index in [-0.39, 0.29) is 31.4 Å². The summed E-state index contributed by atoms with van der Waals surface area (Å²) in [5, 5.41) is 7.12. The van der Waals surface area contributed by atoms with E-state index in [1.807, 2.05) is 0 Å². The second kappa shape index (κ2) is 13.6. The molecular formula is C22H28F3N4O9P. The van der Waals surface area contributed by atoms with Crippen molar-refractivity contribution in [2.75, 3.05) is 18.7 Å². The van der Waals surface area contributed by atoms with Crippen molar-refractivity contribution >= 4 is 25.4 Å². The number of nitrogens with zero attached hydrogens (tertiary/aromatic N) is 2. The Hall–Kier alpha value is -3.46. The van der Waals surface area contributed by atoms with Crippen LogP contribution < -0.4 is 21.7 Å². The highest BCUT2D eigenvalue weighted by Gasteiger charge is 2.38. The monoisotopic (exact) mass is 580 g/mol. The van der Waals surface area contributed by atoms with Crippen molar-refractivity contribution in [3.05, 3.63) is 52.6 Å². The van der Waals surface area contributed by atoms with Gasteiger partial charge < -0.3 is 30.6 Å². The Bertz CT molecular complexity index is 1230. The Morgan fingerprint density at radius 2 is 1.87 bits per heavy atom. The van der Waals surface area contributed by atoms with E-state index in [0.29, 0.717) is 12.2 Å². The van der Waals surface area contributed by atoms with Crippen LogP contribution in [0.25, 0.3) is 0 Å². The van der Waals surface area contributed by atoms with Gasteiger partial charge in [-0.2, -0.15) is 18.2 Å². The van der Waals surface area contributed by atoms with Crippen molar-refractivity contribution in [2.45, 2.75) is 51.2 Å². The third-order valence-electron chi connectivity index (χ3n) is 4.74. The number of carboxylic acid groups (broad SMARTS) is 1. The van der Waals surface area contributed by atoms with Gasteiger partial charge in [0.1, 0.15) is 23.7 Å². The van der Waals surface area contributed by atoms with Crippen LogP contribution in [0.4, 0.5) is 19.0 Å². The second-order valence-corrected chi connectivity index (χ2v) is 10.4. The van der Waals surface area contributed by atoms with E-state index in [0.717, 1.165) is 5.56 Å². The zero-order chi connectivity index (χ0) is 29.4. The number of alkyl halides is 3. The third kappa shape index (κ3) is 10.7. The average molecular weight is 580 g/mol. The summed E-state index contributed by atoms with van der Waals surface area (Å²) in [5.74, 6) is -2.76. The molecule has 2 aromatic rings. The lowest BCUT2D eigenvalue weighted by Gasteiger charge is -2.29. The first kappa shape index (κ1) is 31.8. The summed E-state index contributed by atoms with van der Waals surface area (Å²) in [5.41, 5.74) is 11.6. The minimum Gasteiger partial charge on any atom is -0.475 e. The number of benzene rings is 1. The number of nitrogen functional groups attached to an aromatic ring is 1. The first-order valence-corrected chi connectivity index (χ1v) is 13.0. The first-order valence-electron chi connectivity index (χ1n) is 11.3. The van der Waals surface area contributed by atoms with Gasteiger partial charge in [0, 0.05) is 6.20 Å². The van der Waals surface area contributed by atoms with Crippen LogP contribution in [0.2, 0.25) is 0 Å². The van der Waals surface area contributed by atoms with Crippen molar-refractivity contribution in [1.82, 2.24) is 9.55 Å². The van der Waals surface area contributed by atoms with Crippen molar-refractivity contribution in [1.29, 1.82) is 0 Å². The van der Waals surface area contributed by atoms with Gasteiger partial charge in [0.15, 0.2) is 6.35 Å². The highest BCUT2D eigenvalue weighted by molar-refractivity contribution is 7.54. The topological polar surface area (TPSA) is 195 Å². The molecule has 0 spiro atoms. The molecule has 0 aliphatic carbocycles. The molecule has 0 radical (unpaired) electrons. The van der Waals surface area contributed by atoms with Gasteiger partial charge in [0.05, 0.1) is 19.3 Å². The first-order chi connectivity index (χ1) is 18.1. The van der Waals surface area contributed by atoms with Crippen molar-refractivity contribution in [2.24, 2.45) is 5.73 Å². The van der Waals surface area contributed by atoms with Gasteiger partial charge in [-0.25, -0.2) is 14.2 Å². The molecule has 1 fully saturated rings. The molecule has 0 amide bonds. The van der Waals surface area contributed by atoms with Gasteiger partial charge in [0.2, 0.25) is 0 Å². The summed E-state index contributed by atoms with van der Waals surface area (Å²) in [6, 6.07) is 7.40. The number of aromatic nitrogens is 2. The number of carboxylic acids is 1. The SMILES string of the molecule is CC(C)OC(=O)[C@@H](N)Cc1ccc(O[P@]2(=O)CO[C@@H](Cn3ccc(N)nc3=O)CO2)cc1.O=C(O)C(F)(F)F. The van der Waals surface area contributed by atoms with Crippen LogP contribution >= 0.6 is 7.60 Å². The number of aliphatic carboxylic acids is 1. The van der Waals surface area contributed by atoms with Crippen molar-refractivity contribution in [3.63, 3.8) is 0 Å². The molecule has 3 atom stereocenters. The minimum absolute atomic E-state index is 0.0149. The molecule has 0 unspecified atom stereocenters. The molecule has 1 aromatic carbocycles. The summed E-state index contributed by atoms with van der Waals surface area (Å²) in [7, 11) is -3.52. The number of hydrogen-bond acceptors (Lipinski definition) is 11. The zero-order valence-corrected chi connectivity index (χ0v) is 21.8. The summed E-state index contributed by atoms with van der Waals surface area (Å²) in [4.78, 5) is 36.2. The van der Waals surface area contributed by atoms with Crippen molar-refractivity contribution in [3.8, 4) is 5.75 Å². The number of rotatable bonds is 8. The fourth-order valence-corrected chi connectivity index (χ4v) is 4.35. The standard InChI is InChI=1S/C20H27N4O7P.C2HF3O2/c1-13(2)30-19(25)17(21)9-14-3-5-15(6-4-14)31-32(27)12-28-16(11-29-32)10-24-8-7-18(22)23-20(24)26;3-2(4,5)1(6)7/h3-8,13,16-17H,9-12,21H2,1-2H3,(H2,22,23,26);(H,6,7)/t16-,17-,32-;/m0./s1. The van der Waals surface area contributed by atoms with E-state index in [9.17, 15) is 27.3 Å². The molecule has 1 aromatic heterocycles. The maximum Gasteiger partial charge on any atom is 0.490 e. The predicted molar refractivity (Wildman–Crippen MR) is 130 cm³/mol. The Morgan fingerprint density at radius 3 is 2.36 bits per heavy atom. The van der Waals surface area contributed by atoms with Crippen LogP contribution in [0.1, 0.15) is 19.4 Å². The largest absolute Gasteiger partial charge is 0.490 e. The molecule has 0 bridgehead atoms. The van der Waals surface area contributed by atoms with Crippen molar-refractivity contribution < 1.29 is 51.0 Å². The van der Waals surface area contributed by atoms with E-state index in [4.69, 9.17) is 39.9 Å². The maximum absolute atomic E-state index is 12.8. The average Bonchev–Trinajstić information content (AvgIpc) is 2.83. The lowest BCUT2D eigenvalue weighted by Crippen LogP contribution is -2.35. The van der Waals surface area contributed by atoms with E-state index in [2.05, 4.69) is 4.98 Å². The Balaban J connectivity index is 0.000000673. The normalized spacial score (nSPS) is 19.9. The van der Waals surface area contributed by atoms with Gasteiger partial charge in [-0.05, 0) is 44.0 Å². The highest BCUT2D eigenvalue weighted by atomic mass is 31.2. The number of ether oxygens (including phenoxy) is 2. The van der Waals surface area contributed by atoms with Gasteiger partial charge in [-0.1, -0.05) is 12.1 Å². The van der Waals surface area contributed by atoms with Gasteiger partial charge >= 0.3 is 31.4 Å². The molecule has 1 saturated heterocycles. The zero-order valence-electron chi connectivity index (χ0n) is 20.9. The molecule has 0 saturated carbocycles. The molecular weight excluding hydrogens is 552 g/mol. The molecule has 216 valence electrons. The van der Waals surface area contributed by atoms with Crippen LogP contribution in [0.5, 0.6) is 5.75 Å². The number of nitrogens with two attached hydrogens (primary N) is 2. The van der Waals surface area contributed by atoms with E-state index in [1.54, 1.807) is 38.1 Å². The summed E-state index contributed by atoms with van der Waals surface area (Å²) < 4.78 is 67.6. The summed E-state index contributed by atoms with van der Waals surface area (Å²) in [6.07, 6.45) is -4.26. The molecule has 1 aliphatic rings. The molecule has 2 heterocycles. The lowest BCUT2D eigenvalue weighted by atomic mass is 10.1.